The Kier molecular flexibility index (Phi) is 53.2. The van der Waals surface area contributed by atoms with Gasteiger partial charge in [0.1, 0.15) is 24.0 Å². The number of phenolic OH excluding ortho intramolecular Hbond substituents is 2. The molecule has 0 saturated carbocycles. The van der Waals surface area contributed by atoms with Crippen molar-refractivity contribution < 1.29 is 25.2 Å². The zero-order valence-corrected chi connectivity index (χ0v) is 34.6. The maximum atomic E-state index is 10.4. The number of benzene rings is 2. The highest BCUT2D eigenvalue weighted by Gasteiger charge is 2.13. The summed E-state index contributed by atoms with van der Waals surface area (Å²) in [4.78, 5) is 0. The third-order valence-electron chi connectivity index (χ3n) is 7.49. The maximum absolute atomic E-state index is 10.4. The van der Waals surface area contributed by atoms with Gasteiger partial charge in [-0.1, -0.05) is 103 Å². The Morgan fingerprint density at radius 3 is 1.06 bits per heavy atom. The number of rotatable bonds is 23. The van der Waals surface area contributed by atoms with Crippen LogP contribution >= 0.6 is 0 Å². The monoisotopic (exact) mass is 743 g/mol. The SMILES string of the molecule is C=C.C=C.C=C.C=C.C=C.CCCCCCCCCc1ccc(O)c(NC(C)OC(C)Nc2cc(CCCCCCCCC)ccc2O)c1.OCCO. The van der Waals surface area contributed by atoms with Crippen LogP contribution in [0.4, 0.5) is 11.4 Å². The number of ether oxygens (including phenoxy) is 1. The highest BCUT2D eigenvalue weighted by Crippen LogP contribution is 2.28. The molecule has 0 radical (unpaired) electrons. The van der Waals surface area contributed by atoms with E-state index < -0.39 is 0 Å². The average Bonchev–Trinajstić information content (AvgIpc) is 3.20. The summed E-state index contributed by atoms with van der Waals surface area (Å²) >= 11 is 0. The second-order valence-electron chi connectivity index (χ2n) is 11.6. The predicted octanol–water partition coefficient (Wildman–Crippen LogP) is 12.9. The van der Waals surface area contributed by atoms with E-state index in [0.717, 1.165) is 12.8 Å². The third-order valence-corrected chi connectivity index (χ3v) is 7.49. The van der Waals surface area contributed by atoms with Crippen LogP contribution < -0.4 is 10.6 Å². The molecule has 2 unspecified atom stereocenters. The van der Waals surface area contributed by atoms with E-state index in [2.05, 4.69) is 90.3 Å². The van der Waals surface area contributed by atoms with E-state index in [4.69, 9.17) is 14.9 Å². The van der Waals surface area contributed by atoms with Crippen LogP contribution in [0.1, 0.15) is 129 Å². The minimum Gasteiger partial charge on any atom is -0.506 e. The van der Waals surface area contributed by atoms with Crippen LogP contribution in [0.3, 0.4) is 0 Å². The van der Waals surface area contributed by atoms with Crippen molar-refractivity contribution in [1.82, 2.24) is 0 Å². The molecule has 0 saturated heterocycles. The molecular weight excluding hydrogens is 661 g/mol. The van der Waals surface area contributed by atoms with Crippen LogP contribution in [0, 0.1) is 0 Å². The van der Waals surface area contributed by atoms with Gasteiger partial charge in [-0.25, -0.2) is 0 Å². The van der Waals surface area contributed by atoms with Gasteiger partial charge in [0.25, 0.3) is 0 Å². The average molecular weight is 743 g/mol. The predicted molar refractivity (Wildman–Crippen MR) is 237 cm³/mol. The highest BCUT2D eigenvalue weighted by molar-refractivity contribution is 5.58. The van der Waals surface area contributed by atoms with Crippen LogP contribution in [0.15, 0.2) is 102 Å². The Morgan fingerprint density at radius 2 is 0.774 bits per heavy atom. The first-order chi connectivity index (χ1) is 25.8. The van der Waals surface area contributed by atoms with Crippen molar-refractivity contribution in [3.63, 3.8) is 0 Å². The molecule has 53 heavy (non-hydrogen) atoms. The van der Waals surface area contributed by atoms with Crippen LogP contribution in [0.5, 0.6) is 11.5 Å². The molecular formula is C46H82N2O5. The molecule has 2 aromatic carbocycles. The smallest absolute Gasteiger partial charge is 0.138 e. The number of anilines is 2. The summed E-state index contributed by atoms with van der Waals surface area (Å²) in [6.45, 7) is 38.1. The Labute approximate surface area is 327 Å². The number of aliphatic hydroxyl groups is 2. The van der Waals surface area contributed by atoms with E-state index in [1.807, 2.05) is 38.1 Å². The van der Waals surface area contributed by atoms with E-state index >= 15 is 0 Å². The van der Waals surface area contributed by atoms with Crippen LogP contribution in [0.25, 0.3) is 0 Å². The van der Waals surface area contributed by atoms with Crippen molar-refractivity contribution >= 4 is 11.4 Å². The van der Waals surface area contributed by atoms with E-state index in [1.165, 1.54) is 101 Å². The minimum atomic E-state index is -0.328. The molecule has 0 spiro atoms. The van der Waals surface area contributed by atoms with Gasteiger partial charge in [0.2, 0.25) is 0 Å². The normalized spacial score (nSPS) is 10.4. The minimum absolute atomic E-state index is 0.125. The van der Waals surface area contributed by atoms with E-state index in [9.17, 15) is 10.2 Å². The summed E-state index contributed by atoms with van der Waals surface area (Å²) in [6.07, 6.45) is 19.4. The standard InChI is InChI=1S/C34H56N2O3.C2H6O2.5C2H4/c1-5-7-9-11-13-15-17-19-29-21-23-33(37)31(25-29)35-27(3)39-28(4)36-32-26-30(22-24-34(32)38)20-18-16-14-12-10-8-6-2;3-1-2-4;5*1-2/h21-28,35-38H,5-20H2,1-4H3;3-4H,1-2H2;5*1-2H2. The van der Waals surface area contributed by atoms with Crippen molar-refractivity contribution in [2.45, 2.75) is 143 Å². The van der Waals surface area contributed by atoms with Gasteiger partial charge in [-0.3, -0.25) is 0 Å². The molecule has 0 aliphatic heterocycles. The van der Waals surface area contributed by atoms with Crippen LogP contribution in [-0.4, -0.2) is 46.1 Å². The molecule has 0 amide bonds. The third kappa shape index (κ3) is 36.4. The van der Waals surface area contributed by atoms with Crippen molar-refractivity contribution in [3.8, 4) is 11.5 Å². The van der Waals surface area contributed by atoms with Crippen molar-refractivity contribution in [2.75, 3.05) is 23.8 Å². The fourth-order valence-electron chi connectivity index (χ4n) is 5.09. The molecule has 7 heteroatoms. The molecule has 2 atom stereocenters. The van der Waals surface area contributed by atoms with Crippen LogP contribution in [0.2, 0.25) is 0 Å². The number of aliphatic hydroxyl groups excluding tert-OH is 2. The van der Waals surface area contributed by atoms with E-state index in [1.54, 1.807) is 12.1 Å². The molecule has 306 valence electrons. The first-order valence-electron chi connectivity index (χ1n) is 19.4. The molecule has 2 aromatic rings. The largest absolute Gasteiger partial charge is 0.506 e. The molecule has 0 fully saturated rings. The van der Waals surface area contributed by atoms with Gasteiger partial charge in [0.05, 0.1) is 24.6 Å². The second kappa shape index (κ2) is 48.2. The number of hydrogen-bond acceptors (Lipinski definition) is 7. The molecule has 6 N–H and O–H groups in total. The van der Waals surface area contributed by atoms with E-state index in [-0.39, 0.29) is 37.2 Å². The van der Waals surface area contributed by atoms with Gasteiger partial charge in [-0.05, 0) is 74.9 Å². The number of hydrogen-bond donors (Lipinski definition) is 6. The Morgan fingerprint density at radius 1 is 0.491 bits per heavy atom. The summed E-state index contributed by atoms with van der Waals surface area (Å²) in [5, 5.41) is 42.6. The lowest BCUT2D eigenvalue weighted by molar-refractivity contribution is 0.0402. The summed E-state index contributed by atoms with van der Waals surface area (Å²) in [5.41, 5.74) is 3.83. The molecule has 2 rings (SSSR count). The zero-order chi connectivity index (χ0) is 41.7. The Balaban J connectivity index is -0.000000483. The number of aromatic hydroxyl groups is 2. The summed E-state index contributed by atoms with van der Waals surface area (Å²) in [6, 6.07) is 11.6. The van der Waals surface area contributed by atoms with Crippen molar-refractivity contribution in [3.05, 3.63) is 113 Å². The van der Waals surface area contributed by atoms with Crippen molar-refractivity contribution in [2.24, 2.45) is 0 Å². The zero-order valence-electron chi connectivity index (χ0n) is 34.6. The molecule has 0 aliphatic carbocycles. The lowest BCUT2D eigenvalue weighted by Gasteiger charge is -2.24. The second-order valence-corrected chi connectivity index (χ2v) is 11.6. The fourth-order valence-corrected chi connectivity index (χ4v) is 5.09. The van der Waals surface area contributed by atoms with Gasteiger partial charge >= 0.3 is 0 Å². The lowest BCUT2D eigenvalue weighted by Crippen LogP contribution is -2.29. The van der Waals surface area contributed by atoms with Gasteiger partial charge < -0.3 is 35.8 Å². The fraction of sp³-hybridized carbons (Fsp3) is 0.522. The van der Waals surface area contributed by atoms with E-state index in [0.29, 0.717) is 11.4 Å². The van der Waals surface area contributed by atoms with Crippen molar-refractivity contribution in [1.29, 1.82) is 0 Å². The molecule has 0 aromatic heterocycles. The Bertz CT molecular complexity index is 948. The number of unbranched alkanes of at least 4 members (excludes halogenated alkanes) is 12. The van der Waals surface area contributed by atoms with Gasteiger partial charge in [-0.15, -0.1) is 65.8 Å². The summed E-state index contributed by atoms with van der Waals surface area (Å²) < 4.78 is 6.09. The Hall–Kier alpha value is -3.78. The molecule has 0 bridgehead atoms. The first kappa shape index (κ1) is 58.5. The first-order valence-corrected chi connectivity index (χ1v) is 19.4. The highest BCUT2D eigenvalue weighted by atomic mass is 16.5. The number of nitrogens with one attached hydrogen (secondary N) is 2. The molecule has 7 nitrogen and oxygen atoms in total. The summed E-state index contributed by atoms with van der Waals surface area (Å²) in [7, 11) is 0. The molecule has 0 heterocycles. The topological polar surface area (TPSA) is 114 Å². The lowest BCUT2D eigenvalue weighted by atomic mass is 10.0. The van der Waals surface area contributed by atoms with Gasteiger partial charge in [-0.2, -0.15) is 0 Å². The summed E-state index contributed by atoms with van der Waals surface area (Å²) in [5.74, 6) is 0.454. The van der Waals surface area contributed by atoms with Crippen LogP contribution in [-0.2, 0) is 17.6 Å². The molecule has 0 aliphatic rings. The quantitative estimate of drug-likeness (QED) is 0.0291. The van der Waals surface area contributed by atoms with Gasteiger partial charge in [0.15, 0.2) is 0 Å². The van der Waals surface area contributed by atoms with Gasteiger partial charge in [0, 0.05) is 0 Å². The number of phenols is 2. The number of aryl methyl sites for hydroxylation is 2. The maximum Gasteiger partial charge on any atom is 0.138 e.